The Morgan fingerprint density at radius 3 is 2.56 bits per heavy atom. The van der Waals surface area contributed by atoms with Gasteiger partial charge >= 0.3 is 12.1 Å². The van der Waals surface area contributed by atoms with Crippen LogP contribution in [0.2, 0.25) is 0 Å². The van der Waals surface area contributed by atoms with Gasteiger partial charge in [-0.25, -0.2) is 9.59 Å². The van der Waals surface area contributed by atoms with Crippen LogP contribution >= 0.6 is 0 Å². The topological polar surface area (TPSA) is 75.6 Å². The predicted octanol–water partition coefficient (Wildman–Crippen LogP) is 3.04. The van der Waals surface area contributed by atoms with Crippen LogP contribution < -0.4 is 5.32 Å². The number of aryl methyl sites for hydroxylation is 1. The molecule has 98 valence electrons. The summed E-state index contributed by atoms with van der Waals surface area (Å²) >= 11 is 0. The van der Waals surface area contributed by atoms with Gasteiger partial charge in [-0.15, -0.1) is 0 Å². The quantitative estimate of drug-likeness (QED) is 0.850. The van der Waals surface area contributed by atoms with Crippen LogP contribution in [0.15, 0.2) is 18.2 Å². The van der Waals surface area contributed by atoms with Crippen molar-refractivity contribution in [3.05, 3.63) is 29.3 Å². The van der Waals surface area contributed by atoms with Gasteiger partial charge in [0.1, 0.15) is 5.60 Å². The molecule has 0 aromatic heterocycles. The van der Waals surface area contributed by atoms with E-state index in [-0.39, 0.29) is 16.8 Å². The van der Waals surface area contributed by atoms with E-state index >= 15 is 0 Å². The molecule has 0 unspecified atom stereocenters. The fraction of sp³-hybridized carbons (Fsp3) is 0.385. The number of hydrogen-bond donors (Lipinski definition) is 2. The van der Waals surface area contributed by atoms with Crippen molar-refractivity contribution in [2.45, 2.75) is 33.2 Å². The summed E-state index contributed by atoms with van der Waals surface area (Å²) in [6.07, 6.45) is -0.851. The second kappa shape index (κ2) is 5.08. The zero-order valence-corrected chi connectivity index (χ0v) is 10.4. The van der Waals surface area contributed by atoms with Crippen LogP contribution in [0, 0.1) is 6.85 Å². The number of carbonyl (C=O) groups excluding carboxylic acids is 1. The summed E-state index contributed by atoms with van der Waals surface area (Å²) in [6.45, 7) is 2.49. The third kappa shape index (κ3) is 4.08. The van der Waals surface area contributed by atoms with E-state index in [4.69, 9.17) is 14.0 Å². The SMILES string of the molecule is [2H]C([2H])([2H])c1ccc(C(=O)O)cc1NC(=O)OC(C)(C)C. The molecule has 0 atom stereocenters. The third-order valence-electron chi connectivity index (χ3n) is 1.90. The molecule has 5 nitrogen and oxygen atoms in total. The van der Waals surface area contributed by atoms with Crippen molar-refractivity contribution in [3.8, 4) is 0 Å². The van der Waals surface area contributed by atoms with Gasteiger partial charge in [0.2, 0.25) is 0 Å². The van der Waals surface area contributed by atoms with Gasteiger partial charge in [0.05, 0.1) is 5.56 Å². The molecule has 1 rings (SSSR count). The van der Waals surface area contributed by atoms with E-state index in [9.17, 15) is 9.59 Å². The summed E-state index contributed by atoms with van der Waals surface area (Å²) in [5.74, 6) is -1.22. The minimum Gasteiger partial charge on any atom is -0.478 e. The Bertz CT molecular complexity index is 562. The Balaban J connectivity index is 3.15. The Kier molecular flexibility index (Phi) is 2.80. The molecule has 0 aliphatic heterocycles. The summed E-state index contributed by atoms with van der Waals surface area (Å²) in [5, 5.41) is 11.2. The van der Waals surface area contributed by atoms with Gasteiger partial charge in [0.25, 0.3) is 0 Å². The number of benzene rings is 1. The van der Waals surface area contributed by atoms with Gasteiger partial charge in [0.15, 0.2) is 0 Å². The first-order valence-corrected chi connectivity index (χ1v) is 5.28. The maximum atomic E-state index is 11.7. The normalized spacial score (nSPS) is 14.1. The highest BCUT2D eigenvalue weighted by molar-refractivity contribution is 5.92. The number of carboxylic acid groups (broad SMARTS) is 1. The highest BCUT2D eigenvalue weighted by atomic mass is 16.6. The fourth-order valence-electron chi connectivity index (χ4n) is 1.19. The molecule has 0 saturated carbocycles. The molecule has 0 aliphatic rings. The number of aromatic carboxylic acids is 1. The Morgan fingerprint density at radius 1 is 1.39 bits per heavy atom. The van der Waals surface area contributed by atoms with E-state index in [1.54, 1.807) is 20.8 Å². The third-order valence-corrected chi connectivity index (χ3v) is 1.90. The van der Waals surface area contributed by atoms with Crippen LogP contribution in [-0.4, -0.2) is 22.8 Å². The first-order valence-electron chi connectivity index (χ1n) is 6.78. The molecule has 2 N–H and O–H groups in total. The van der Waals surface area contributed by atoms with Crippen LogP contribution in [0.1, 0.15) is 40.8 Å². The first-order chi connectivity index (χ1) is 9.40. The number of hydrogen-bond acceptors (Lipinski definition) is 3. The van der Waals surface area contributed by atoms with E-state index in [0.29, 0.717) is 0 Å². The number of carbonyl (C=O) groups is 2. The van der Waals surface area contributed by atoms with Crippen molar-refractivity contribution in [1.82, 2.24) is 0 Å². The highest BCUT2D eigenvalue weighted by Crippen LogP contribution is 2.18. The summed E-state index contributed by atoms with van der Waals surface area (Å²) in [6, 6.07) is 3.42. The molecule has 0 radical (unpaired) electrons. The summed E-state index contributed by atoms with van der Waals surface area (Å²) in [4.78, 5) is 22.7. The standard InChI is InChI=1S/C13H17NO4/c1-8-5-6-9(11(15)16)7-10(8)14-12(17)18-13(2,3)4/h5-7H,1-4H3,(H,14,17)(H,15,16)/i1D3. The van der Waals surface area contributed by atoms with Gasteiger partial charge in [-0.3, -0.25) is 5.32 Å². The van der Waals surface area contributed by atoms with Crippen molar-refractivity contribution in [3.63, 3.8) is 0 Å². The molecule has 0 saturated heterocycles. The summed E-state index contributed by atoms with van der Waals surface area (Å²) in [7, 11) is 0. The zero-order valence-electron chi connectivity index (χ0n) is 13.4. The summed E-state index contributed by atoms with van der Waals surface area (Å²) in [5.41, 5.74) is -1.15. The first kappa shape index (κ1) is 9.94. The van der Waals surface area contributed by atoms with E-state index in [0.717, 1.165) is 12.1 Å². The molecule has 0 heterocycles. The molecule has 0 spiro atoms. The van der Waals surface area contributed by atoms with Gasteiger partial charge in [-0.1, -0.05) is 6.07 Å². The van der Waals surface area contributed by atoms with E-state index in [2.05, 4.69) is 5.32 Å². The molecular weight excluding hydrogens is 234 g/mol. The second-order valence-electron chi connectivity index (χ2n) is 4.69. The lowest BCUT2D eigenvalue weighted by Gasteiger charge is -2.20. The lowest BCUT2D eigenvalue weighted by atomic mass is 10.1. The summed E-state index contributed by atoms with van der Waals surface area (Å²) < 4.78 is 27.3. The minimum absolute atomic E-state index is 0.107. The largest absolute Gasteiger partial charge is 0.478 e. The second-order valence-corrected chi connectivity index (χ2v) is 4.69. The van der Waals surface area contributed by atoms with Gasteiger partial charge < -0.3 is 9.84 Å². The van der Waals surface area contributed by atoms with E-state index < -0.39 is 24.5 Å². The van der Waals surface area contributed by atoms with Crippen LogP contribution in [-0.2, 0) is 4.74 Å². The number of rotatable bonds is 2. The molecule has 1 aromatic carbocycles. The maximum absolute atomic E-state index is 11.7. The maximum Gasteiger partial charge on any atom is 0.412 e. The Morgan fingerprint density at radius 2 is 2.06 bits per heavy atom. The van der Waals surface area contributed by atoms with Gasteiger partial charge in [-0.05, 0) is 45.3 Å². The number of carboxylic acids is 1. The Labute approximate surface area is 110 Å². The average Bonchev–Trinajstić information content (AvgIpc) is 2.24. The van der Waals surface area contributed by atoms with Gasteiger partial charge in [-0.2, -0.15) is 0 Å². The van der Waals surface area contributed by atoms with E-state index in [1.165, 1.54) is 6.07 Å². The van der Waals surface area contributed by atoms with Crippen LogP contribution in [0.25, 0.3) is 0 Å². The molecule has 0 fully saturated rings. The van der Waals surface area contributed by atoms with Crippen LogP contribution in [0.4, 0.5) is 10.5 Å². The highest BCUT2D eigenvalue weighted by Gasteiger charge is 2.17. The molecule has 0 aliphatic carbocycles. The molecule has 5 heteroatoms. The monoisotopic (exact) mass is 254 g/mol. The van der Waals surface area contributed by atoms with Gasteiger partial charge in [0, 0.05) is 9.80 Å². The lowest BCUT2D eigenvalue weighted by Crippen LogP contribution is -2.27. The smallest absolute Gasteiger partial charge is 0.412 e. The zero-order chi connectivity index (χ0) is 16.4. The van der Waals surface area contributed by atoms with Crippen molar-refractivity contribution < 1.29 is 23.5 Å². The predicted molar refractivity (Wildman–Crippen MR) is 68.0 cm³/mol. The van der Waals surface area contributed by atoms with Crippen molar-refractivity contribution in [2.24, 2.45) is 0 Å². The number of ether oxygens (including phenoxy) is 1. The van der Waals surface area contributed by atoms with Crippen LogP contribution in [0.3, 0.4) is 0 Å². The number of anilines is 1. The van der Waals surface area contributed by atoms with E-state index in [1.807, 2.05) is 0 Å². The molecule has 0 bridgehead atoms. The molecule has 18 heavy (non-hydrogen) atoms. The van der Waals surface area contributed by atoms with Crippen molar-refractivity contribution >= 4 is 17.7 Å². The number of amides is 1. The van der Waals surface area contributed by atoms with Crippen molar-refractivity contribution in [1.29, 1.82) is 0 Å². The number of nitrogens with one attached hydrogen (secondary N) is 1. The average molecular weight is 254 g/mol. The molecule has 1 amide bonds. The minimum atomic E-state index is -2.48. The Hall–Kier alpha value is -2.04. The van der Waals surface area contributed by atoms with Crippen molar-refractivity contribution in [2.75, 3.05) is 5.32 Å². The molecule has 1 aromatic rings. The lowest BCUT2D eigenvalue weighted by molar-refractivity contribution is 0.0632. The molecular formula is C13H17NO4. The fourth-order valence-corrected chi connectivity index (χ4v) is 1.19. The van der Waals surface area contributed by atoms with Crippen LogP contribution in [0.5, 0.6) is 0 Å².